The first-order chi connectivity index (χ1) is 13.3. The van der Waals surface area contributed by atoms with E-state index in [2.05, 4.69) is 16.9 Å². The summed E-state index contributed by atoms with van der Waals surface area (Å²) in [7, 11) is 0. The van der Waals surface area contributed by atoms with E-state index in [1.54, 1.807) is 29.3 Å². The van der Waals surface area contributed by atoms with E-state index in [-0.39, 0.29) is 11.5 Å². The van der Waals surface area contributed by atoms with Crippen LogP contribution in [-0.2, 0) is 4.79 Å². The molecule has 2 aromatic rings. The SMILES string of the molecule is C=CCNc1nc2ccc(C)cn2c(=O)c1/C=C1/SC(=S)N(CC(C)C)C1=O. The van der Waals surface area contributed by atoms with Crippen molar-refractivity contribution >= 4 is 51.7 Å². The molecule has 146 valence electrons. The van der Waals surface area contributed by atoms with E-state index in [4.69, 9.17) is 12.2 Å². The van der Waals surface area contributed by atoms with Gasteiger partial charge in [0.2, 0.25) is 0 Å². The Morgan fingerprint density at radius 3 is 2.79 bits per heavy atom. The number of hydrogen-bond acceptors (Lipinski definition) is 6. The van der Waals surface area contributed by atoms with E-state index >= 15 is 0 Å². The molecule has 0 saturated carbocycles. The summed E-state index contributed by atoms with van der Waals surface area (Å²) < 4.78 is 2.00. The molecule has 2 aromatic heterocycles. The topological polar surface area (TPSA) is 66.7 Å². The number of fused-ring (bicyclic) bond motifs is 1. The fourth-order valence-corrected chi connectivity index (χ4v) is 4.10. The van der Waals surface area contributed by atoms with E-state index in [1.807, 2.05) is 26.8 Å². The molecule has 1 amide bonds. The Morgan fingerprint density at radius 2 is 2.11 bits per heavy atom. The molecule has 1 aliphatic rings. The van der Waals surface area contributed by atoms with Crippen LogP contribution >= 0.6 is 24.0 Å². The first-order valence-electron chi connectivity index (χ1n) is 8.95. The number of nitrogens with one attached hydrogen (secondary N) is 1. The Morgan fingerprint density at radius 1 is 1.36 bits per heavy atom. The third-order valence-electron chi connectivity index (χ3n) is 4.12. The van der Waals surface area contributed by atoms with Gasteiger partial charge in [-0.1, -0.05) is 50.0 Å². The lowest BCUT2D eigenvalue weighted by atomic mass is 10.2. The number of amides is 1. The van der Waals surface area contributed by atoms with Gasteiger partial charge in [0.25, 0.3) is 11.5 Å². The van der Waals surface area contributed by atoms with Crippen LogP contribution in [0.1, 0.15) is 25.0 Å². The van der Waals surface area contributed by atoms with Gasteiger partial charge in [0.15, 0.2) is 0 Å². The number of thioether (sulfide) groups is 1. The van der Waals surface area contributed by atoms with Gasteiger partial charge in [0.05, 0.1) is 10.5 Å². The van der Waals surface area contributed by atoms with Gasteiger partial charge in [-0.3, -0.25) is 18.9 Å². The summed E-state index contributed by atoms with van der Waals surface area (Å²) in [5.41, 5.74) is 1.56. The van der Waals surface area contributed by atoms with Crippen molar-refractivity contribution < 1.29 is 4.79 Å². The van der Waals surface area contributed by atoms with E-state index in [1.165, 1.54) is 16.2 Å². The molecule has 8 heteroatoms. The monoisotopic (exact) mass is 414 g/mol. The number of anilines is 1. The maximum atomic E-state index is 13.1. The Balaban J connectivity index is 2.13. The molecule has 0 atom stereocenters. The fraction of sp³-hybridized carbons (Fsp3) is 0.300. The molecule has 28 heavy (non-hydrogen) atoms. The van der Waals surface area contributed by atoms with Crippen LogP contribution in [0.5, 0.6) is 0 Å². The lowest BCUT2D eigenvalue weighted by Crippen LogP contribution is -2.31. The second kappa shape index (κ2) is 8.28. The smallest absolute Gasteiger partial charge is 0.267 e. The summed E-state index contributed by atoms with van der Waals surface area (Å²) >= 11 is 6.57. The molecule has 0 aliphatic carbocycles. The lowest BCUT2D eigenvalue weighted by Gasteiger charge is -2.16. The molecule has 3 rings (SSSR count). The maximum absolute atomic E-state index is 13.1. The van der Waals surface area contributed by atoms with E-state index in [0.717, 1.165) is 5.56 Å². The van der Waals surface area contributed by atoms with E-state index in [9.17, 15) is 9.59 Å². The number of aryl methyl sites for hydroxylation is 1. The van der Waals surface area contributed by atoms with Crippen molar-refractivity contribution in [3.63, 3.8) is 0 Å². The van der Waals surface area contributed by atoms with Crippen molar-refractivity contribution in [2.45, 2.75) is 20.8 Å². The van der Waals surface area contributed by atoms with Crippen LogP contribution in [0.3, 0.4) is 0 Å². The summed E-state index contributed by atoms with van der Waals surface area (Å²) in [6.45, 7) is 10.7. The number of pyridine rings is 1. The minimum Gasteiger partial charge on any atom is -0.366 e. The second-order valence-corrected chi connectivity index (χ2v) is 8.65. The van der Waals surface area contributed by atoms with Crippen LogP contribution in [0.2, 0.25) is 0 Å². The first-order valence-corrected chi connectivity index (χ1v) is 10.2. The largest absolute Gasteiger partial charge is 0.366 e. The van der Waals surface area contributed by atoms with Crippen molar-refractivity contribution in [3.05, 3.63) is 57.4 Å². The van der Waals surface area contributed by atoms with Gasteiger partial charge < -0.3 is 5.32 Å². The molecule has 0 bridgehead atoms. The first kappa shape index (κ1) is 20.3. The summed E-state index contributed by atoms with van der Waals surface area (Å²) in [5.74, 6) is 0.539. The van der Waals surface area contributed by atoms with Crippen LogP contribution in [0.25, 0.3) is 11.7 Å². The zero-order valence-corrected chi connectivity index (χ0v) is 17.7. The van der Waals surface area contributed by atoms with Gasteiger partial charge in [0.1, 0.15) is 15.8 Å². The van der Waals surface area contributed by atoms with Crippen molar-refractivity contribution in [1.82, 2.24) is 14.3 Å². The summed E-state index contributed by atoms with van der Waals surface area (Å²) in [6.07, 6.45) is 5.02. The minimum absolute atomic E-state index is 0.174. The Hall–Kier alpha value is -2.45. The average Bonchev–Trinajstić information content (AvgIpc) is 2.90. The number of aromatic nitrogens is 2. The van der Waals surface area contributed by atoms with E-state index in [0.29, 0.717) is 45.3 Å². The van der Waals surface area contributed by atoms with Gasteiger partial charge >= 0.3 is 0 Å². The summed E-state index contributed by atoms with van der Waals surface area (Å²) in [4.78, 5) is 32.5. The molecule has 1 fully saturated rings. The summed E-state index contributed by atoms with van der Waals surface area (Å²) in [6, 6.07) is 3.69. The standard InChI is InChI=1S/C20H22N4O2S2/c1-5-8-21-17-14(18(25)23-11-13(4)6-7-16(23)22-17)9-15-19(26)24(10-12(2)3)20(27)28-15/h5-7,9,11-12,21H,1,8,10H2,2-4H3/b15-9+. The Kier molecular flexibility index (Phi) is 6.00. The number of carbonyl (C=O) groups is 1. The molecular formula is C20H22N4O2S2. The molecule has 0 radical (unpaired) electrons. The van der Waals surface area contributed by atoms with Crippen molar-refractivity contribution in [1.29, 1.82) is 0 Å². The molecule has 0 spiro atoms. The van der Waals surface area contributed by atoms with Gasteiger partial charge in [0, 0.05) is 19.3 Å². The molecule has 0 unspecified atom stereocenters. The highest BCUT2D eigenvalue weighted by molar-refractivity contribution is 8.26. The zero-order valence-electron chi connectivity index (χ0n) is 16.1. The maximum Gasteiger partial charge on any atom is 0.267 e. The van der Waals surface area contributed by atoms with E-state index < -0.39 is 0 Å². The van der Waals surface area contributed by atoms with Gasteiger partial charge in [-0.05, 0) is 30.5 Å². The molecule has 3 heterocycles. The van der Waals surface area contributed by atoms with Crippen LogP contribution in [0, 0.1) is 12.8 Å². The number of rotatable bonds is 6. The van der Waals surface area contributed by atoms with Crippen molar-refractivity contribution in [3.8, 4) is 0 Å². The van der Waals surface area contributed by atoms with Gasteiger partial charge in [-0.25, -0.2) is 4.98 Å². The highest BCUT2D eigenvalue weighted by Crippen LogP contribution is 2.33. The predicted molar refractivity (Wildman–Crippen MR) is 120 cm³/mol. The highest BCUT2D eigenvalue weighted by atomic mass is 32.2. The Labute approximate surface area is 173 Å². The number of thiocarbonyl (C=S) groups is 1. The molecule has 0 aromatic carbocycles. The molecule has 1 saturated heterocycles. The van der Waals surface area contributed by atoms with Gasteiger partial charge in [-0.2, -0.15) is 0 Å². The van der Waals surface area contributed by atoms with Crippen LogP contribution < -0.4 is 10.9 Å². The summed E-state index contributed by atoms with van der Waals surface area (Å²) in [5, 5.41) is 3.10. The lowest BCUT2D eigenvalue weighted by molar-refractivity contribution is -0.122. The van der Waals surface area contributed by atoms with Crippen molar-refractivity contribution in [2.24, 2.45) is 5.92 Å². The second-order valence-electron chi connectivity index (χ2n) is 6.97. The molecule has 1 N–H and O–H groups in total. The van der Waals surface area contributed by atoms with Gasteiger partial charge in [-0.15, -0.1) is 6.58 Å². The Bertz CT molecular complexity index is 1060. The molecular weight excluding hydrogens is 392 g/mol. The normalized spacial score (nSPS) is 15.9. The van der Waals surface area contributed by atoms with Crippen LogP contribution in [0.4, 0.5) is 5.82 Å². The quantitative estimate of drug-likeness (QED) is 0.444. The van der Waals surface area contributed by atoms with Crippen LogP contribution in [-0.4, -0.2) is 37.6 Å². The minimum atomic E-state index is -0.241. The zero-order chi connectivity index (χ0) is 20.4. The van der Waals surface area contributed by atoms with Crippen molar-refractivity contribution in [2.75, 3.05) is 18.4 Å². The third-order valence-corrected chi connectivity index (χ3v) is 5.49. The van der Waals surface area contributed by atoms with Crippen LogP contribution in [0.15, 0.2) is 40.7 Å². The predicted octanol–water partition coefficient (Wildman–Crippen LogP) is 3.46. The third kappa shape index (κ3) is 4.02. The number of carbonyl (C=O) groups excluding carboxylic acids is 1. The highest BCUT2D eigenvalue weighted by Gasteiger charge is 2.32. The fourth-order valence-electron chi connectivity index (χ4n) is 2.85. The molecule has 1 aliphatic heterocycles. The number of nitrogens with zero attached hydrogens (tertiary/aromatic N) is 3. The number of hydrogen-bond donors (Lipinski definition) is 1. The molecule has 6 nitrogen and oxygen atoms in total. The average molecular weight is 415 g/mol.